The minimum Gasteiger partial charge on any atom is -0.497 e. The van der Waals surface area contributed by atoms with Crippen LogP contribution in [0.3, 0.4) is 0 Å². The highest BCUT2D eigenvalue weighted by Gasteiger charge is 2.30. The quantitative estimate of drug-likeness (QED) is 0.803. The van der Waals surface area contributed by atoms with Gasteiger partial charge in [-0.15, -0.1) is 0 Å². The van der Waals surface area contributed by atoms with Crippen molar-refractivity contribution in [1.82, 2.24) is 0 Å². The topological polar surface area (TPSA) is 35.2 Å². The average molecular weight is 205 g/mol. The molecule has 1 aliphatic carbocycles. The zero-order chi connectivity index (χ0) is 10.9. The van der Waals surface area contributed by atoms with Crippen LogP contribution in [-0.4, -0.2) is 13.7 Å². The van der Waals surface area contributed by atoms with E-state index in [2.05, 4.69) is 19.1 Å². The van der Waals surface area contributed by atoms with E-state index in [-0.39, 0.29) is 5.41 Å². The molecule has 2 N–H and O–H groups in total. The summed E-state index contributed by atoms with van der Waals surface area (Å²) in [5, 5.41) is 0. The van der Waals surface area contributed by atoms with Gasteiger partial charge in [-0.1, -0.05) is 13.0 Å². The zero-order valence-corrected chi connectivity index (χ0v) is 9.55. The first-order valence-electron chi connectivity index (χ1n) is 5.57. The van der Waals surface area contributed by atoms with Crippen LogP contribution < -0.4 is 10.5 Å². The van der Waals surface area contributed by atoms with Crippen LogP contribution in [0.5, 0.6) is 5.75 Å². The largest absolute Gasteiger partial charge is 0.497 e. The van der Waals surface area contributed by atoms with Crippen molar-refractivity contribution in [3.8, 4) is 5.75 Å². The van der Waals surface area contributed by atoms with Gasteiger partial charge in [0.05, 0.1) is 7.11 Å². The van der Waals surface area contributed by atoms with E-state index in [0.29, 0.717) is 6.54 Å². The number of nitrogens with two attached hydrogens (primary N) is 1. The molecule has 1 atom stereocenters. The Morgan fingerprint density at radius 3 is 2.93 bits per heavy atom. The Bertz CT molecular complexity index is 362. The van der Waals surface area contributed by atoms with Crippen LogP contribution in [-0.2, 0) is 11.8 Å². The summed E-state index contributed by atoms with van der Waals surface area (Å²) in [6.45, 7) is 2.97. The SMILES string of the molecule is COc1ccc2c(c1)C(C)(CN)CCC2. The minimum absolute atomic E-state index is 0.141. The van der Waals surface area contributed by atoms with Crippen LogP contribution in [0.2, 0.25) is 0 Å². The van der Waals surface area contributed by atoms with Gasteiger partial charge < -0.3 is 10.5 Å². The Morgan fingerprint density at radius 2 is 2.27 bits per heavy atom. The van der Waals surface area contributed by atoms with Crippen LogP contribution in [0, 0.1) is 0 Å². The summed E-state index contributed by atoms with van der Waals surface area (Å²) in [6.07, 6.45) is 3.60. The van der Waals surface area contributed by atoms with Crippen molar-refractivity contribution < 1.29 is 4.74 Å². The van der Waals surface area contributed by atoms with Crippen LogP contribution in [0.25, 0.3) is 0 Å². The lowest BCUT2D eigenvalue weighted by Crippen LogP contribution is -2.35. The molecule has 1 aromatic rings. The van der Waals surface area contributed by atoms with Crippen molar-refractivity contribution in [1.29, 1.82) is 0 Å². The Hall–Kier alpha value is -1.02. The van der Waals surface area contributed by atoms with Crippen molar-refractivity contribution in [2.45, 2.75) is 31.6 Å². The Kier molecular flexibility index (Phi) is 2.70. The maximum Gasteiger partial charge on any atom is 0.119 e. The summed E-state index contributed by atoms with van der Waals surface area (Å²) in [7, 11) is 1.71. The predicted molar refractivity (Wildman–Crippen MR) is 62.3 cm³/mol. The van der Waals surface area contributed by atoms with Crippen LogP contribution in [0.15, 0.2) is 18.2 Å². The van der Waals surface area contributed by atoms with Crippen molar-refractivity contribution >= 4 is 0 Å². The first-order valence-corrected chi connectivity index (χ1v) is 5.57. The third kappa shape index (κ3) is 1.74. The number of hydrogen-bond acceptors (Lipinski definition) is 2. The van der Waals surface area contributed by atoms with Crippen molar-refractivity contribution in [3.63, 3.8) is 0 Å². The summed E-state index contributed by atoms with van der Waals surface area (Å²) in [5.41, 5.74) is 8.87. The number of benzene rings is 1. The van der Waals surface area contributed by atoms with Crippen LogP contribution >= 0.6 is 0 Å². The highest BCUT2D eigenvalue weighted by molar-refractivity contribution is 5.42. The van der Waals surface area contributed by atoms with Gasteiger partial charge in [0.1, 0.15) is 5.75 Å². The molecule has 0 saturated carbocycles. The van der Waals surface area contributed by atoms with E-state index in [1.165, 1.54) is 30.4 Å². The van der Waals surface area contributed by atoms with Gasteiger partial charge in [-0.2, -0.15) is 0 Å². The standard InChI is InChI=1S/C13H19NO/c1-13(9-14)7-3-4-10-5-6-11(15-2)8-12(10)13/h5-6,8H,3-4,7,9,14H2,1-2H3. The fourth-order valence-electron chi connectivity index (χ4n) is 2.48. The molecule has 0 heterocycles. The molecule has 0 amide bonds. The first kappa shape index (κ1) is 10.5. The average Bonchev–Trinajstić information content (AvgIpc) is 2.29. The van der Waals surface area contributed by atoms with Gasteiger partial charge in [-0.05, 0) is 42.5 Å². The summed E-state index contributed by atoms with van der Waals surface area (Å²) in [6, 6.07) is 6.38. The van der Waals surface area contributed by atoms with Crippen LogP contribution in [0.4, 0.5) is 0 Å². The van der Waals surface area contributed by atoms with E-state index in [0.717, 1.165) is 5.75 Å². The number of rotatable bonds is 2. The second kappa shape index (κ2) is 3.86. The molecule has 0 fully saturated rings. The van der Waals surface area contributed by atoms with Gasteiger partial charge in [0.25, 0.3) is 0 Å². The fraction of sp³-hybridized carbons (Fsp3) is 0.538. The Balaban J connectivity index is 2.48. The second-order valence-corrected chi connectivity index (χ2v) is 4.64. The molecular formula is C13H19NO. The van der Waals surface area contributed by atoms with Gasteiger partial charge in [0, 0.05) is 12.0 Å². The molecule has 2 heteroatoms. The number of ether oxygens (including phenoxy) is 1. The molecule has 82 valence electrons. The van der Waals surface area contributed by atoms with E-state index in [4.69, 9.17) is 10.5 Å². The van der Waals surface area contributed by atoms with Gasteiger partial charge in [0.15, 0.2) is 0 Å². The van der Waals surface area contributed by atoms with Crippen molar-refractivity contribution in [2.75, 3.05) is 13.7 Å². The molecule has 0 radical (unpaired) electrons. The molecule has 2 rings (SSSR count). The third-order valence-corrected chi connectivity index (χ3v) is 3.59. The molecule has 15 heavy (non-hydrogen) atoms. The summed E-state index contributed by atoms with van der Waals surface area (Å²) in [5.74, 6) is 0.940. The predicted octanol–water partition coefficient (Wildman–Crippen LogP) is 2.25. The van der Waals surface area contributed by atoms with Crippen molar-refractivity contribution in [3.05, 3.63) is 29.3 Å². The molecule has 0 spiro atoms. The molecule has 1 aliphatic rings. The smallest absolute Gasteiger partial charge is 0.119 e. The molecule has 0 bridgehead atoms. The number of fused-ring (bicyclic) bond motifs is 1. The van der Waals surface area contributed by atoms with E-state index in [9.17, 15) is 0 Å². The third-order valence-electron chi connectivity index (χ3n) is 3.59. The lowest BCUT2D eigenvalue weighted by molar-refractivity contribution is 0.389. The minimum atomic E-state index is 0.141. The lowest BCUT2D eigenvalue weighted by atomic mass is 9.71. The normalized spacial score (nSPS) is 24.7. The monoisotopic (exact) mass is 205 g/mol. The van der Waals surface area contributed by atoms with Gasteiger partial charge in [0.2, 0.25) is 0 Å². The molecule has 1 unspecified atom stereocenters. The highest BCUT2D eigenvalue weighted by Crippen LogP contribution is 2.38. The number of methoxy groups -OCH3 is 1. The van der Waals surface area contributed by atoms with E-state index in [1.807, 2.05) is 6.07 Å². The van der Waals surface area contributed by atoms with E-state index < -0.39 is 0 Å². The second-order valence-electron chi connectivity index (χ2n) is 4.64. The zero-order valence-electron chi connectivity index (χ0n) is 9.55. The fourth-order valence-corrected chi connectivity index (χ4v) is 2.48. The highest BCUT2D eigenvalue weighted by atomic mass is 16.5. The summed E-state index contributed by atoms with van der Waals surface area (Å²) in [4.78, 5) is 0. The van der Waals surface area contributed by atoms with Gasteiger partial charge in [-0.25, -0.2) is 0 Å². The Morgan fingerprint density at radius 1 is 1.47 bits per heavy atom. The molecule has 1 aromatic carbocycles. The molecule has 2 nitrogen and oxygen atoms in total. The summed E-state index contributed by atoms with van der Waals surface area (Å²) >= 11 is 0. The summed E-state index contributed by atoms with van der Waals surface area (Å²) < 4.78 is 5.28. The molecule has 0 aliphatic heterocycles. The van der Waals surface area contributed by atoms with E-state index in [1.54, 1.807) is 7.11 Å². The molecule has 0 saturated heterocycles. The maximum atomic E-state index is 5.90. The maximum absolute atomic E-state index is 5.90. The van der Waals surface area contributed by atoms with E-state index >= 15 is 0 Å². The van der Waals surface area contributed by atoms with Gasteiger partial charge >= 0.3 is 0 Å². The lowest BCUT2D eigenvalue weighted by Gasteiger charge is -2.35. The number of aryl methyl sites for hydroxylation is 1. The van der Waals surface area contributed by atoms with Gasteiger partial charge in [-0.3, -0.25) is 0 Å². The molecular weight excluding hydrogens is 186 g/mol. The first-order chi connectivity index (χ1) is 7.19. The van der Waals surface area contributed by atoms with Crippen LogP contribution in [0.1, 0.15) is 30.9 Å². The Labute approximate surface area is 91.4 Å². The molecule has 0 aromatic heterocycles. The van der Waals surface area contributed by atoms with Crippen molar-refractivity contribution in [2.24, 2.45) is 5.73 Å². The number of hydrogen-bond donors (Lipinski definition) is 1.